The van der Waals surface area contributed by atoms with Crippen LogP contribution in [0.1, 0.15) is 37.1 Å². The molecule has 0 saturated heterocycles. The fourth-order valence-corrected chi connectivity index (χ4v) is 3.34. The van der Waals surface area contributed by atoms with Crippen molar-refractivity contribution in [1.82, 2.24) is 10.2 Å². The maximum Gasteiger partial charge on any atom is 0.234 e. The van der Waals surface area contributed by atoms with Crippen LogP contribution >= 0.6 is 0 Å². The van der Waals surface area contributed by atoms with Crippen molar-refractivity contribution in [2.75, 3.05) is 6.54 Å². The molecule has 0 aliphatic heterocycles. The molecule has 1 heterocycles. The van der Waals surface area contributed by atoms with Gasteiger partial charge in [0.05, 0.1) is 12.6 Å². The van der Waals surface area contributed by atoms with Gasteiger partial charge in [0.1, 0.15) is 17.2 Å². The van der Waals surface area contributed by atoms with E-state index >= 15 is 0 Å². The average Bonchev–Trinajstić information content (AvgIpc) is 3.41. The van der Waals surface area contributed by atoms with Gasteiger partial charge >= 0.3 is 0 Å². The van der Waals surface area contributed by atoms with Crippen molar-refractivity contribution >= 4 is 16.9 Å². The summed E-state index contributed by atoms with van der Waals surface area (Å²) in [4.78, 5) is 14.7. The van der Waals surface area contributed by atoms with Gasteiger partial charge in [-0.3, -0.25) is 9.69 Å². The lowest BCUT2D eigenvalue weighted by Crippen LogP contribution is -2.39. The molecule has 0 radical (unpaired) electrons. The number of carbonyl (C=O) groups excluding carboxylic acids is 1. The van der Waals surface area contributed by atoms with Crippen LogP contribution in [0.2, 0.25) is 0 Å². The van der Waals surface area contributed by atoms with Gasteiger partial charge in [0.2, 0.25) is 5.91 Å². The molecule has 1 fully saturated rings. The van der Waals surface area contributed by atoms with E-state index in [1.165, 1.54) is 12.1 Å². The van der Waals surface area contributed by atoms with E-state index in [2.05, 4.69) is 10.2 Å². The lowest BCUT2D eigenvalue weighted by atomic mass is 10.2. The number of hydrogen-bond donors (Lipinski definition) is 1. The summed E-state index contributed by atoms with van der Waals surface area (Å²) in [6.45, 7) is 2.90. The third kappa shape index (κ3) is 4.37. The monoisotopic (exact) mass is 366 g/mol. The first kappa shape index (κ1) is 17.7. The average molecular weight is 366 g/mol. The van der Waals surface area contributed by atoms with Crippen LogP contribution in [0.5, 0.6) is 0 Å². The van der Waals surface area contributed by atoms with E-state index in [1.54, 1.807) is 12.1 Å². The summed E-state index contributed by atoms with van der Waals surface area (Å²) in [6.07, 6.45) is 2.21. The Hall–Kier alpha value is -2.66. The minimum absolute atomic E-state index is 0.0306. The molecule has 1 amide bonds. The molecule has 1 aliphatic rings. The highest BCUT2D eigenvalue weighted by Crippen LogP contribution is 2.28. The molecule has 1 saturated carbocycles. The van der Waals surface area contributed by atoms with Gasteiger partial charge in [-0.15, -0.1) is 0 Å². The fraction of sp³-hybridized carbons (Fsp3) is 0.318. The molecule has 140 valence electrons. The molecule has 0 unspecified atom stereocenters. The van der Waals surface area contributed by atoms with Crippen LogP contribution < -0.4 is 5.32 Å². The van der Waals surface area contributed by atoms with Crippen molar-refractivity contribution in [3.05, 3.63) is 71.7 Å². The predicted octanol–water partition coefficient (Wildman–Crippen LogP) is 4.41. The zero-order valence-electron chi connectivity index (χ0n) is 15.3. The van der Waals surface area contributed by atoms with Crippen LogP contribution in [0.4, 0.5) is 4.39 Å². The number of furan rings is 1. The van der Waals surface area contributed by atoms with Crippen molar-refractivity contribution in [1.29, 1.82) is 0 Å². The van der Waals surface area contributed by atoms with Crippen molar-refractivity contribution in [2.24, 2.45) is 0 Å². The number of carbonyl (C=O) groups is 1. The van der Waals surface area contributed by atoms with E-state index in [9.17, 15) is 9.18 Å². The predicted molar refractivity (Wildman–Crippen MR) is 103 cm³/mol. The number of para-hydroxylation sites is 1. The molecule has 1 N–H and O–H groups in total. The van der Waals surface area contributed by atoms with E-state index in [0.717, 1.165) is 35.1 Å². The lowest BCUT2D eigenvalue weighted by Gasteiger charge is -2.22. The van der Waals surface area contributed by atoms with E-state index in [0.29, 0.717) is 19.1 Å². The molecule has 5 heteroatoms. The molecular weight excluding hydrogens is 343 g/mol. The Labute approximate surface area is 158 Å². The van der Waals surface area contributed by atoms with E-state index < -0.39 is 0 Å². The summed E-state index contributed by atoms with van der Waals surface area (Å²) in [5.74, 6) is 0.479. The fourth-order valence-electron chi connectivity index (χ4n) is 3.34. The number of nitrogens with one attached hydrogen (secondary N) is 1. The van der Waals surface area contributed by atoms with Gasteiger partial charge in [-0.1, -0.05) is 30.3 Å². The first-order chi connectivity index (χ1) is 13.1. The Kier molecular flexibility index (Phi) is 4.94. The molecule has 1 aliphatic carbocycles. The van der Waals surface area contributed by atoms with Gasteiger partial charge in [0.25, 0.3) is 0 Å². The summed E-state index contributed by atoms with van der Waals surface area (Å²) >= 11 is 0. The zero-order chi connectivity index (χ0) is 18.8. The largest absolute Gasteiger partial charge is 0.459 e. The summed E-state index contributed by atoms with van der Waals surface area (Å²) in [7, 11) is 0. The van der Waals surface area contributed by atoms with Crippen molar-refractivity contribution < 1.29 is 13.6 Å². The minimum Gasteiger partial charge on any atom is -0.459 e. The number of halogens is 1. The molecule has 4 nitrogen and oxygen atoms in total. The number of amides is 1. The van der Waals surface area contributed by atoms with Gasteiger partial charge in [-0.25, -0.2) is 4.39 Å². The number of fused-ring (bicyclic) bond motifs is 1. The normalized spacial score (nSPS) is 15.2. The van der Waals surface area contributed by atoms with Gasteiger partial charge in [-0.2, -0.15) is 0 Å². The highest BCUT2D eigenvalue weighted by atomic mass is 19.1. The van der Waals surface area contributed by atoms with Crippen LogP contribution in [0.25, 0.3) is 11.0 Å². The van der Waals surface area contributed by atoms with Crippen LogP contribution in [-0.2, 0) is 11.3 Å². The van der Waals surface area contributed by atoms with Crippen LogP contribution in [0, 0.1) is 5.82 Å². The zero-order valence-corrected chi connectivity index (χ0v) is 15.3. The van der Waals surface area contributed by atoms with E-state index in [1.807, 2.05) is 37.3 Å². The van der Waals surface area contributed by atoms with Gasteiger partial charge in [0, 0.05) is 18.0 Å². The molecule has 27 heavy (non-hydrogen) atoms. The molecule has 2 aromatic carbocycles. The first-order valence-electron chi connectivity index (χ1n) is 9.35. The van der Waals surface area contributed by atoms with Crippen molar-refractivity contribution in [3.63, 3.8) is 0 Å². The second kappa shape index (κ2) is 7.53. The Bertz CT molecular complexity index is 898. The number of benzene rings is 2. The molecular formula is C22H23FN2O2. The standard InChI is InChI=1S/C22H23FN2O2/c1-15(21-12-17-4-2-3-5-20(17)27-21)24-22(26)14-25(19-10-11-19)13-16-6-8-18(23)9-7-16/h2-9,12,15,19H,10-11,13-14H2,1H3,(H,24,26)/t15-/m0/s1. The van der Waals surface area contributed by atoms with Gasteiger partial charge < -0.3 is 9.73 Å². The Morgan fingerprint density at radius 3 is 2.67 bits per heavy atom. The Morgan fingerprint density at radius 2 is 1.96 bits per heavy atom. The Balaban J connectivity index is 1.38. The minimum atomic E-state index is -0.242. The first-order valence-corrected chi connectivity index (χ1v) is 9.35. The molecule has 0 spiro atoms. The number of nitrogens with zero attached hydrogens (tertiary/aromatic N) is 1. The highest BCUT2D eigenvalue weighted by molar-refractivity contribution is 5.80. The van der Waals surface area contributed by atoms with Gasteiger partial charge in [-0.05, 0) is 49.6 Å². The highest BCUT2D eigenvalue weighted by Gasteiger charge is 2.30. The summed E-state index contributed by atoms with van der Waals surface area (Å²) < 4.78 is 18.9. The quantitative estimate of drug-likeness (QED) is 0.673. The van der Waals surface area contributed by atoms with Crippen molar-refractivity contribution in [2.45, 2.75) is 38.4 Å². The van der Waals surface area contributed by atoms with Crippen molar-refractivity contribution in [3.8, 4) is 0 Å². The molecule has 1 aromatic heterocycles. The number of hydrogen-bond acceptors (Lipinski definition) is 3. The molecule has 3 aromatic rings. The van der Waals surface area contributed by atoms with Crippen LogP contribution in [-0.4, -0.2) is 23.4 Å². The SMILES string of the molecule is C[C@H](NC(=O)CN(Cc1ccc(F)cc1)C1CC1)c1cc2ccccc2o1. The second-order valence-electron chi connectivity index (χ2n) is 7.24. The molecule has 0 bridgehead atoms. The third-order valence-electron chi connectivity index (χ3n) is 4.96. The second-order valence-corrected chi connectivity index (χ2v) is 7.24. The third-order valence-corrected chi connectivity index (χ3v) is 4.96. The maximum atomic E-state index is 13.1. The summed E-state index contributed by atoms with van der Waals surface area (Å²) in [5, 5.41) is 4.06. The Morgan fingerprint density at radius 1 is 1.22 bits per heavy atom. The summed E-state index contributed by atoms with van der Waals surface area (Å²) in [6, 6.07) is 16.5. The molecule has 4 rings (SSSR count). The smallest absolute Gasteiger partial charge is 0.234 e. The lowest BCUT2D eigenvalue weighted by molar-refractivity contribution is -0.123. The van der Waals surface area contributed by atoms with E-state index in [-0.39, 0.29) is 17.8 Å². The summed E-state index contributed by atoms with van der Waals surface area (Å²) in [5.41, 5.74) is 1.84. The van der Waals surface area contributed by atoms with E-state index in [4.69, 9.17) is 4.42 Å². The maximum absolute atomic E-state index is 13.1. The van der Waals surface area contributed by atoms with Crippen LogP contribution in [0.3, 0.4) is 0 Å². The van der Waals surface area contributed by atoms with Crippen LogP contribution in [0.15, 0.2) is 59.0 Å². The number of rotatable bonds is 7. The molecule has 1 atom stereocenters. The van der Waals surface area contributed by atoms with Gasteiger partial charge in [0.15, 0.2) is 0 Å². The topological polar surface area (TPSA) is 45.5 Å².